The first-order valence-electron chi connectivity index (χ1n) is 16.7. The van der Waals surface area contributed by atoms with Gasteiger partial charge in [-0.3, -0.25) is 9.59 Å². The van der Waals surface area contributed by atoms with Crippen molar-refractivity contribution in [3.63, 3.8) is 0 Å². The third-order valence-electron chi connectivity index (χ3n) is 7.36. The number of aliphatic hydroxyl groups excluding tert-OH is 1. The number of esters is 2. The summed E-state index contributed by atoms with van der Waals surface area (Å²) in [4.78, 5) is 24.0. The molecule has 0 radical (unpaired) electrons. The molecule has 3 atom stereocenters. The minimum absolute atomic E-state index is 0.0961. The quantitative estimate of drug-likeness (QED) is 0.0434. The number of rotatable bonds is 28. The summed E-state index contributed by atoms with van der Waals surface area (Å²) >= 11 is 0. The highest BCUT2D eigenvalue weighted by atomic mass is 16.6. The maximum absolute atomic E-state index is 12.0. The normalized spacial score (nSPS) is 17.5. The maximum atomic E-state index is 12.0. The number of ether oxygens (including phenoxy) is 3. The molecule has 6 nitrogen and oxygen atoms in total. The fourth-order valence-corrected chi connectivity index (χ4v) is 4.70. The molecule has 0 amide bonds. The van der Waals surface area contributed by atoms with Gasteiger partial charge in [0.05, 0.1) is 18.8 Å². The summed E-state index contributed by atoms with van der Waals surface area (Å²) in [5.41, 5.74) is 0. The number of hydrogen-bond acceptors (Lipinski definition) is 6. The molecule has 1 rings (SSSR count). The molecule has 0 aromatic heterocycles. The summed E-state index contributed by atoms with van der Waals surface area (Å²) in [6.45, 7) is 4.01. The van der Waals surface area contributed by atoms with Crippen LogP contribution in [-0.4, -0.2) is 48.6 Å². The molecule has 1 aliphatic rings. The van der Waals surface area contributed by atoms with Gasteiger partial charge in [-0.1, -0.05) is 121 Å². The van der Waals surface area contributed by atoms with E-state index in [2.05, 4.69) is 50.3 Å². The lowest BCUT2D eigenvalue weighted by atomic mass is 10.1. The highest BCUT2D eigenvalue weighted by Gasteiger charge is 2.36. The Hall–Kier alpha value is -1.92. The highest BCUT2D eigenvalue weighted by Crippen LogP contribution is 2.30. The molecule has 1 saturated heterocycles. The molecule has 1 heterocycles. The van der Waals surface area contributed by atoms with Crippen molar-refractivity contribution in [3.05, 3.63) is 36.5 Å². The van der Waals surface area contributed by atoms with E-state index < -0.39 is 6.10 Å². The molecule has 2 unspecified atom stereocenters. The zero-order chi connectivity index (χ0) is 29.8. The van der Waals surface area contributed by atoms with Crippen LogP contribution in [0.15, 0.2) is 36.5 Å². The van der Waals surface area contributed by atoms with Gasteiger partial charge in [-0.2, -0.15) is 0 Å². The van der Waals surface area contributed by atoms with Crippen molar-refractivity contribution in [3.8, 4) is 0 Å². The van der Waals surface area contributed by atoms with E-state index in [0.29, 0.717) is 31.5 Å². The fourth-order valence-electron chi connectivity index (χ4n) is 4.70. The van der Waals surface area contributed by atoms with Crippen LogP contribution in [0.2, 0.25) is 0 Å². The largest absolute Gasteiger partial charge is 0.462 e. The van der Waals surface area contributed by atoms with Gasteiger partial charge in [-0.15, -0.1) is 0 Å². The fraction of sp³-hybridized carbons (Fsp3) is 0.771. The second kappa shape index (κ2) is 26.9. The van der Waals surface area contributed by atoms with E-state index in [9.17, 15) is 14.7 Å². The monoisotopic (exact) mass is 576 g/mol. The predicted molar refractivity (Wildman–Crippen MR) is 168 cm³/mol. The smallest absolute Gasteiger partial charge is 0.306 e. The summed E-state index contributed by atoms with van der Waals surface area (Å²) < 4.78 is 16.2. The third kappa shape index (κ3) is 23.3. The summed E-state index contributed by atoms with van der Waals surface area (Å²) in [5, 5.41) is 9.47. The van der Waals surface area contributed by atoms with E-state index in [0.717, 1.165) is 44.9 Å². The zero-order valence-corrected chi connectivity index (χ0v) is 26.2. The predicted octanol–water partition coefficient (Wildman–Crippen LogP) is 8.71. The lowest BCUT2D eigenvalue weighted by Gasteiger charge is -2.15. The molecule has 0 spiro atoms. The Labute approximate surface area is 251 Å². The number of hydrogen-bond donors (Lipinski definition) is 1. The van der Waals surface area contributed by atoms with Crippen LogP contribution in [0, 0.1) is 0 Å². The number of carbonyl (C=O) groups is 2. The second-order valence-corrected chi connectivity index (χ2v) is 11.3. The van der Waals surface area contributed by atoms with E-state index in [1.165, 1.54) is 64.2 Å². The average Bonchev–Trinajstić information content (AvgIpc) is 3.72. The summed E-state index contributed by atoms with van der Waals surface area (Å²) in [6.07, 6.45) is 33.8. The number of allylic oxidation sites excluding steroid dienone is 5. The lowest BCUT2D eigenvalue weighted by Crippen LogP contribution is -2.28. The molecule has 6 heteroatoms. The van der Waals surface area contributed by atoms with E-state index in [1.54, 1.807) is 0 Å². The number of aliphatic hydroxyl groups is 1. The molecular weight excluding hydrogens is 516 g/mol. The molecular formula is C35H60O6. The van der Waals surface area contributed by atoms with Crippen molar-refractivity contribution in [1.82, 2.24) is 0 Å². The van der Waals surface area contributed by atoms with Crippen LogP contribution < -0.4 is 0 Å². The van der Waals surface area contributed by atoms with E-state index >= 15 is 0 Å². The van der Waals surface area contributed by atoms with Crippen LogP contribution in [0.1, 0.15) is 142 Å². The van der Waals surface area contributed by atoms with Crippen LogP contribution in [-0.2, 0) is 23.8 Å². The van der Waals surface area contributed by atoms with E-state index in [4.69, 9.17) is 14.2 Å². The second-order valence-electron chi connectivity index (χ2n) is 11.3. The maximum Gasteiger partial charge on any atom is 0.306 e. The van der Waals surface area contributed by atoms with Crippen LogP contribution in [0.25, 0.3) is 0 Å². The summed E-state index contributed by atoms with van der Waals surface area (Å²) in [7, 11) is 0. The molecule has 236 valence electrons. The van der Waals surface area contributed by atoms with Crippen LogP contribution >= 0.6 is 0 Å². The molecule has 1 N–H and O–H groups in total. The summed E-state index contributed by atoms with van der Waals surface area (Å²) in [6, 6.07) is 0. The Kier molecular flexibility index (Phi) is 24.4. The van der Waals surface area contributed by atoms with Gasteiger partial charge >= 0.3 is 11.9 Å². The Balaban J connectivity index is 1.96. The number of unbranched alkanes of at least 4 members (excludes halogenated alkanes) is 11. The topological polar surface area (TPSA) is 85.4 Å². The number of carbonyl (C=O) groups excluding carboxylic acids is 2. The van der Waals surface area contributed by atoms with Gasteiger partial charge in [0, 0.05) is 12.8 Å². The van der Waals surface area contributed by atoms with Gasteiger partial charge in [0.1, 0.15) is 6.61 Å². The van der Waals surface area contributed by atoms with Crippen molar-refractivity contribution in [1.29, 1.82) is 0 Å². The van der Waals surface area contributed by atoms with E-state index in [1.807, 2.05) is 0 Å². The molecule has 0 aliphatic carbocycles. The van der Waals surface area contributed by atoms with Crippen molar-refractivity contribution < 1.29 is 28.9 Å². The molecule has 0 bridgehead atoms. The first-order chi connectivity index (χ1) is 20.1. The minimum Gasteiger partial charge on any atom is -0.462 e. The van der Waals surface area contributed by atoms with E-state index in [-0.39, 0.29) is 25.2 Å². The van der Waals surface area contributed by atoms with Crippen LogP contribution in [0.3, 0.4) is 0 Å². The van der Waals surface area contributed by atoms with Gasteiger partial charge in [0.2, 0.25) is 0 Å². The van der Waals surface area contributed by atoms with Crippen LogP contribution in [0.4, 0.5) is 0 Å². The first kappa shape index (κ1) is 37.1. The third-order valence-corrected chi connectivity index (χ3v) is 7.36. The zero-order valence-electron chi connectivity index (χ0n) is 26.2. The van der Waals surface area contributed by atoms with Crippen molar-refractivity contribution in [2.45, 2.75) is 161 Å². The highest BCUT2D eigenvalue weighted by molar-refractivity contribution is 5.70. The van der Waals surface area contributed by atoms with Gasteiger partial charge in [-0.25, -0.2) is 0 Å². The Morgan fingerprint density at radius 2 is 1.29 bits per heavy atom. The lowest BCUT2D eigenvalue weighted by molar-refractivity contribution is -0.161. The van der Waals surface area contributed by atoms with Gasteiger partial charge in [0.25, 0.3) is 0 Å². The van der Waals surface area contributed by atoms with Crippen molar-refractivity contribution in [2.75, 3.05) is 13.2 Å². The van der Waals surface area contributed by atoms with Gasteiger partial charge < -0.3 is 19.3 Å². The average molecular weight is 577 g/mol. The van der Waals surface area contributed by atoms with Crippen LogP contribution in [0.5, 0.6) is 0 Å². The van der Waals surface area contributed by atoms with Gasteiger partial charge in [-0.05, 0) is 44.9 Å². The molecule has 1 aliphatic heterocycles. The first-order valence-corrected chi connectivity index (χ1v) is 16.7. The van der Waals surface area contributed by atoms with Crippen molar-refractivity contribution in [2.24, 2.45) is 0 Å². The molecule has 0 saturated carbocycles. The minimum atomic E-state index is -0.791. The van der Waals surface area contributed by atoms with Crippen molar-refractivity contribution >= 4 is 11.9 Å². The summed E-state index contributed by atoms with van der Waals surface area (Å²) in [5.74, 6) is -0.667. The Morgan fingerprint density at radius 1 is 0.707 bits per heavy atom. The standard InChI is InChI=1S/C35H60O6/c1-3-5-7-8-9-12-17-20-24-28-35(38)40-31(29-36)30-39-34(37)27-23-19-16-14-11-10-13-15-18-22-26-33-32(41-33)25-21-6-4-2/h10,13-14,16,18,22,31-33,36H,3-9,11-12,15,17,19-21,23-30H2,1-2H3/b13-10-,16-14-,22-18-/t31-,32?,33?/m0/s1. The SMILES string of the molecule is CCCCCCCCCCCC(=O)O[C@@H](CO)COC(=O)CCC/C=C\C/C=C\C/C=C\CC1OC1CCCCC. The van der Waals surface area contributed by atoms with Gasteiger partial charge in [0.15, 0.2) is 6.10 Å². The molecule has 1 fully saturated rings. The Bertz CT molecular complexity index is 728. The molecule has 0 aromatic rings. The molecule has 0 aromatic carbocycles. The Morgan fingerprint density at radius 3 is 1.98 bits per heavy atom. The number of epoxide rings is 1. The molecule has 41 heavy (non-hydrogen) atoms.